The van der Waals surface area contributed by atoms with E-state index >= 15 is 0 Å². The summed E-state index contributed by atoms with van der Waals surface area (Å²) in [5.74, 6) is 5.45. The fourth-order valence-corrected chi connectivity index (χ4v) is 7.40. The third kappa shape index (κ3) is 3.46. The first-order chi connectivity index (χ1) is 15.8. The molecule has 33 heavy (non-hydrogen) atoms. The van der Waals surface area contributed by atoms with Crippen molar-refractivity contribution in [2.45, 2.75) is 77.2 Å². The van der Waals surface area contributed by atoms with Gasteiger partial charge in [0.25, 0.3) is 0 Å². The van der Waals surface area contributed by atoms with Gasteiger partial charge in [-0.05, 0) is 99.5 Å². The average Bonchev–Trinajstić information content (AvgIpc) is 3.34. The Kier molecular flexibility index (Phi) is 5.49. The summed E-state index contributed by atoms with van der Waals surface area (Å²) < 4.78 is 11.3. The number of terminal acetylenes is 1. The van der Waals surface area contributed by atoms with E-state index < -0.39 is 5.60 Å². The molecule has 174 valence electrons. The number of aliphatic hydroxyl groups is 1. The van der Waals surface area contributed by atoms with Crippen LogP contribution in [0, 0.1) is 29.6 Å². The lowest BCUT2D eigenvalue weighted by atomic mass is 9.51. The molecular formula is C30H36O3. The predicted octanol–water partition coefficient (Wildman–Crippen LogP) is 6.69. The summed E-state index contributed by atoms with van der Waals surface area (Å²) in [6.07, 6.45) is 14.6. The van der Waals surface area contributed by atoms with E-state index in [1.165, 1.54) is 23.1 Å². The van der Waals surface area contributed by atoms with E-state index in [2.05, 4.69) is 57.0 Å². The molecular weight excluding hydrogens is 408 g/mol. The predicted molar refractivity (Wildman–Crippen MR) is 132 cm³/mol. The zero-order valence-electron chi connectivity index (χ0n) is 20.2. The quantitative estimate of drug-likeness (QED) is 0.490. The van der Waals surface area contributed by atoms with E-state index in [1.807, 2.05) is 0 Å². The van der Waals surface area contributed by atoms with Crippen LogP contribution in [0.25, 0.3) is 0 Å². The number of rotatable bonds is 1. The molecule has 3 heteroatoms. The molecule has 4 aliphatic carbocycles. The van der Waals surface area contributed by atoms with Gasteiger partial charge in [0.15, 0.2) is 11.5 Å². The number of hydrogen-bond acceptors (Lipinski definition) is 3. The number of ether oxygens (including phenoxy) is 2. The van der Waals surface area contributed by atoms with Crippen LogP contribution >= 0.6 is 0 Å². The van der Waals surface area contributed by atoms with Crippen molar-refractivity contribution in [3.8, 4) is 23.8 Å². The van der Waals surface area contributed by atoms with Gasteiger partial charge in [-0.15, -0.1) is 12.3 Å². The number of benzene rings is 1. The van der Waals surface area contributed by atoms with Gasteiger partial charge in [0, 0.05) is 11.3 Å². The Morgan fingerprint density at radius 1 is 1.12 bits per heavy atom. The summed E-state index contributed by atoms with van der Waals surface area (Å²) in [5, 5.41) is 11.4. The maximum atomic E-state index is 11.4. The molecule has 2 fully saturated rings. The molecule has 2 unspecified atom stereocenters. The molecule has 0 spiro atoms. The van der Waals surface area contributed by atoms with Crippen LogP contribution in [-0.4, -0.2) is 17.5 Å². The van der Waals surface area contributed by atoms with Gasteiger partial charge in [0.2, 0.25) is 6.79 Å². The van der Waals surface area contributed by atoms with Crippen molar-refractivity contribution in [2.24, 2.45) is 17.3 Å². The Hall–Kier alpha value is -2.44. The number of allylic oxidation sites excluding steroid dienone is 5. The van der Waals surface area contributed by atoms with Gasteiger partial charge < -0.3 is 14.6 Å². The molecule has 0 aromatic heterocycles. The van der Waals surface area contributed by atoms with Crippen molar-refractivity contribution in [2.75, 3.05) is 6.79 Å². The molecule has 1 aliphatic heterocycles. The lowest BCUT2D eigenvalue weighted by Crippen LogP contribution is -2.50. The van der Waals surface area contributed by atoms with E-state index in [-0.39, 0.29) is 5.41 Å². The zero-order valence-corrected chi connectivity index (χ0v) is 20.2. The third-order valence-electron chi connectivity index (χ3n) is 9.21. The van der Waals surface area contributed by atoms with Crippen LogP contribution < -0.4 is 9.47 Å². The normalized spacial score (nSPS) is 36.0. The fourth-order valence-electron chi connectivity index (χ4n) is 7.40. The summed E-state index contributed by atoms with van der Waals surface area (Å²) in [5.41, 5.74) is 6.74. The summed E-state index contributed by atoms with van der Waals surface area (Å²) in [6, 6.07) is 6.50. The van der Waals surface area contributed by atoms with Crippen molar-refractivity contribution in [3.05, 3.63) is 58.7 Å². The minimum atomic E-state index is -0.598. The van der Waals surface area contributed by atoms with Gasteiger partial charge in [0.1, 0.15) is 0 Å². The number of hydrogen-bond donors (Lipinski definition) is 1. The molecule has 0 radical (unpaired) electrons. The molecule has 1 N–H and O–H groups in total. The van der Waals surface area contributed by atoms with Crippen molar-refractivity contribution >= 4 is 0 Å². The van der Waals surface area contributed by atoms with Gasteiger partial charge in [-0.2, -0.15) is 0 Å². The van der Waals surface area contributed by atoms with Crippen molar-refractivity contribution in [1.29, 1.82) is 0 Å². The highest BCUT2D eigenvalue weighted by Gasteiger charge is 2.61. The van der Waals surface area contributed by atoms with E-state index in [1.54, 1.807) is 18.1 Å². The lowest BCUT2D eigenvalue weighted by Gasteiger charge is -2.54. The molecule has 5 atom stereocenters. The Labute approximate surface area is 198 Å². The molecule has 0 bridgehead atoms. The SMILES string of the molecule is C#CC.C=C1C=C2CCC3C(=C2CC1)[C@@H](c1ccc2c(c1)OCO2)C[C@@]1(C)C3CC[C@]1(C)O. The maximum absolute atomic E-state index is 11.4. The number of fused-ring (bicyclic) bond motifs is 5. The molecule has 2 saturated carbocycles. The highest BCUT2D eigenvalue weighted by Crippen LogP contribution is 2.66. The van der Waals surface area contributed by atoms with E-state index in [4.69, 9.17) is 9.47 Å². The Morgan fingerprint density at radius 3 is 2.67 bits per heavy atom. The first kappa shape index (κ1) is 22.4. The van der Waals surface area contributed by atoms with Crippen LogP contribution in [0.5, 0.6) is 11.5 Å². The second kappa shape index (κ2) is 8.10. The van der Waals surface area contributed by atoms with Crippen molar-refractivity contribution in [1.82, 2.24) is 0 Å². The summed E-state index contributed by atoms with van der Waals surface area (Å²) in [6.45, 7) is 10.7. The van der Waals surface area contributed by atoms with Gasteiger partial charge in [-0.3, -0.25) is 0 Å². The molecule has 1 aromatic rings. The second-order valence-electron chi connectivity index (χ2n) is 10.9. The molecule has 3 nitrogen and oxygen atoms in total. The first-order valence-corrected chi connectivity index (χ1v) is 12.4. The molecule has 1 heterocycles. The standard InChI is InChI=1S/C27H32O3.C3H4/c1-16-4-7-19-17(12-16)5-8-20-22-10-11-27(3,28)26(22,2)14-21(25(19)20)18-6-9-23-24(13-18)30-15-29-23;1-3-2/h6,9,12-13,20-22,28H,1,4-5,7-8,10-11,14-15H2,2-3H3;1H,2H3/t20?,21-,22?,26+,27+;/m1./s1. The molecule has 0 amide bonds. The first-order valence-electron chi connectivity index (χ1n) is 12.4. The van der Waals surface area contributed by atoms with Crippen LogP contribution in [0.1, 0.15) is 77.2 Å². The largest absolute Gasteiger partial charge is 0.454 e. The Balaban J connectivity index is 0.000000724. The Morgan fingerprint density at radius 2 is 1.88 bits per heavy atom. The molecule has 0 saturated heterocycles. The second-order valence-corrected chi connectivity index (χ2v) is 10.9. The van der Waals surface area contributed by atoms with Crippen LogP contribution in [0.3, 0.4) is 0 Å². The van der Waals surface area contributed by atoms with Gasteiger partial charge in [0.05, 0.1) is 5.60 Å². The molecule has 1 aromatic carbocycles. The van der Waals surface area contributed by atoms with E-state index in [0.717, 1.165) is 50.0 Å². The van der Waals surface area contributed by atoms with Crippen molar-refractivity contribution in [3.63, 3.8) is 0 Å². The average molecular weight is 445 g/mol. The summed E-state index contributed by atoms with van der Waals surface area (Å²) >= 11 is 0. The minimum absolute atomic E-state index is 0.0533. The fraction of sp³-hybridized carbons (Fsp3) is 0.533. The summed E-state index contributed by atoms with van der Waals surface area (Å²) in [7, 11) is 0. The van der Waals surface area contributed by atoms with Gasteiger partial charge >= 0.3 is 0 Å². The Bertz CT molecular complexity index is 1080. The van der Waals surface area contributed by atoms with Crippen LogP contribution in [0.15, 0.2) is 53.1 Å². The molecule has 6 rings (SSSR count). The maximum Gasteiger partial charge on any atom is 0.231 e. The van der Waals surface area contributed by atoms with Gasteiger partial charge in [-0.1, -0.05) is 36.8 Å². The third-order valence-corrected chi connectivity index (χ3v) is 9.21. The van der Waals surface area contributed by atoms with Crippen LogP contribution in [0.4, 0.5) is 0 Å². The summed E-state index contributed by atoms with van der Waals surface area (Å²) in [4.78, 5) is 0. The smallest absolute Gasteiger partial charge is 0.231 e. The molecule has 5 aliphatic rings. The van der Waals surface area contributed by atoms with Crippen LogP contribution in [0.2, 0.25) is 0 Å². The highest BCUT2D eigenvalue weighted by atomic mass is 16.7. The van der Waals surface area contributed by atoms with Gasteiger partial charge in [-0.25, -0.2) is 0 Å². The highest BCUT2D eigenvalue weighted by molar-refractivity contribution is 5.53. The van der Waals surface area contributed by atoms with E-state index in [0.29, 0.717) is 24.5 Å². The minimum Gasteiger partial charge on any atom is -0.454 e. The van der Waals surface area contributed by atoms with E-state index in [9.17, 15) is 5.11 Å². The van der Waals surface area contributed by atoms with Crippen molar-refractivity contribution < 1.29 is 14.6 Å². The topological polar surface area (TPSA) is 38.7 Å². The lowest BCUT2D eigenvalue weighted by molar-refractivity contribution is -0.0794. The zero-order chi connectivity index (χ0) is 23.4. The van der Waals surface area contributed by atoms with Crippen LogP contribution in [-0.2, 0) is 0 Å². The monoisotopic (exact) mass is 444 g/mol.